The van der Waals surface area contributed by atoms with Gasteiger partial charge < -0.3 is 0 Å². The van der Waals surface area contributed by atoms with E-state index in [-0.39, 0.29) is 6.61 Å². The second kappa shape index (κ2) is 4.43. The van der Waals surface area contributed by atoms with Gasteiger partial charge >= 0.3 is 10.4 Å². The third kappa shape index (κ3) is 7.61. The lowest BCUT2D eigenvalue weighted by Gasteiger charge is -1.93. The molecule has 0 amide bonds. The van der Waals surface area contributed by atoms with Crippen molar-refractivity contribution in [1.82, 2.24) is 0 Å². The first kappa shape index (κ1) is 9.61. The van der Waals surface area contributed by atoms with Gasteiger partial charge in [-0.3, -0.25) is 4.55 Å². The highest BCUT2D eigenvalue weighted by Crippen LogP contribution is 1.89. The fourth-order valence-electron chi connectivity index (χ4n) is 0.388. The summed E-state index contributed by atoms with van der Waals surface area (Å²) in [6.07, 6.45) is 3.99. The lowest BCUT2D eigenvalue weighted by atomic mass is 10.4. The topological polar surface area (TPSA) is 63.6 Å². The summed E-state index contributed by atoms with van der Waals surface area (Å²) in [6, 6.07) is 0. The van der Waals surface area contributed by atoms with E-state index in [1.807, 2.05) is 6.92 Å². The van der Waals surface area contributed by atoms with Gasteiger partial charge in [-0.1, -0.05) is 12.2 Å². The molecule has 0 aliphatic rings. The molecule has 0 saturated heterocycles. The Morgan fingerprint density at radius 1 is 1.60 bits per heavy atom. The molecular weight excluding hydrogens is 156 g/mol. The van der Waals surface area contributed by atoms with Gasteiger partial charge in [-0.25, -0.2) is 4.18 Å². The Labute approximate surface area is 60.5 Å². The van der Waals surface area contributed by atoms with E-state index >= 15 is 0 Å². The zero-order valence-electron chi connectivity index (χ0n) is 5.65. The lowest BCUT2D eigenvalue weighted by Crippen LogP contribution is -2.03. The molecule has 4 nitrogen and oxygen atoms in total. The van der Waals surface area contributed by atoms with Crippen molar-refractivity contribution >= 4 is 10.4 Å². The zero-order chi connectivity index (χ0) is 8.04. The molecule has 0 radical (unpaired) electrons. The predicted molar refractivity (Wildman–Crippen MR) is 36.9 cm³/mol. The van der Waals surface area contributed by atoms with Gasteiger partial charge in [0.1, 0.15) is 0 Å². The Hall–Kier alpha value is -0.390. The van der Waals surface area contributed by atoms with Gasteiger partial charge in [-0.15, -0.1) is 0 Å². The van der Waals surface area contributed by atoms with Gasteiger partial charge in [-0.2, -0.15) is 8.42 Å². The van der Waals surface area contributed by atoms with E-state index in [4.69, 9.17) is 4.55 Å². The molecule has 0 spiro atoms. The summed E-state index contributed by atoms with van der Waals surface area (Å²) in [7, 11) is -4.24. The minimum absolute atomic E-state index is 0.0107. The Bertz CT molecular complexity index is 192. The van der Waals surface area contributed by atoms with Crippen LogP contribution < -0.4 is 0 Å². The van der Waals surface area contributed by atoms with E-state index in [0.29, 0.717) is 6.42 Å². The van der Waals surface area contributed by atoms with Crippen LogP contribution in [0.5, 0.6) is 0 Å². The molecular formula is C5H10O4S. The first-order valence-corrected chi connectivity index (χ1v) is 4.16. The van der Waals surface area contributed by atoms with Crippen molar-refractivity contribution in [2.75, 3.05) is 6.61 Å². The summed E-state index contributed by atoms with van der Waals surface area (Å²) in [6.45, 7) is 1.80. The number of rotatable bonds is 4. The minimum atomic E-state index is -4.24. The van der Waals surface area contributed by atoms with E-state index in [9.17, 15) is 8.42 Å². The SMILES string of the molecule is C/C=C\CCOS(=O)(=O)O. The molecule has 0 saturated carbocycles. The molecule has 0 atom stereocenters. The van der Waals surface area contributed by atoms with Crippen molar-refractivity contribution in [1.29, 1.82) is 0 Å². The maximum atomic E-state index is 9.90. The molecule has 0 aromatic carbocycles. The van der Waals surface area contributed by atoms with E-state index in [2.05, 4.69) is 4.18 Å². The van der Waals surface area contributed by atoms with Crippen molar-refractivity contribution in [2.24, 2.45) is 0 Å². The second-order valence-electron chi connectivity index (χ2n) is 1.61. The van der Waals surface area contributed by atoms with Gasteiger partial charge in [0.15, 0.2) is 0 Å². The Kier molecular flexibility index (Phi) is 4.26. The molecule has 0 rings (SSSR count). The number of hydrogen-bond donors (Lipinski definition) is 1. The average Bonchev–Trinajstić information content (AvgIpc) is 1.78. The quantitative estimate of drug-likeness (QED) is 0.380. The van der Waals surface area contributed by atoms with Gasteiger partial charge in [0, 0.05) is 0 Å². The zero-order valence-corrected chi connectivity index (χ0v) is 6.47. The molecule has 0 aromatic rings. The number of hydrogen-bond acceptors (Lipinski definition) is 3. The summed E-state index contributed by atoms with van der Waals surface area (Å²) in [5.74, 6) is 0. The first-order valence-electron chi connectivity index (χ1n) is 2.79. The molecule has 0 aromatic heterocycles. The molecule has 0 unspecified atom stereocenters. The molecule has 10 heavy (non-hydrogen) atoms. The van der Waals surface area contributed by atoms with E-state index < -0.39 is 10.4 Å². The summed E-state index contributed by atoms with van der Waals surface area (Å²) in [4.78, 5) is 0. The monoisotopic (exact) mass is 166 g/mol. The molecule has 0 aliphatic carbocycles. The minimum Gasteiger partial charge on any atom is -0.264 e. The highest BCUT2D eigenvalue weighted by Gasteiger charge is 2.00. The first-order chi connectivity index (χ1) is 4.56. The van der Waals surface area contributed by atoms with Crippen LogP contribution in [0.3, 0.4) is 0 Å². The van der Waals surface area contributed by atoms with Gasteiger partial charge in [-0.05, 0) is 13.3 Å². The number of allylic oxidation sites excluding steroid dienone is 1. The highest BCUT2D eigenvalue weighted by atomic mass is 32.3. The summed E-state index contributed by atoms with van der Waals surface area (Å²) >= 11 is 0. The van der Waals surface area contributed by atoms with Crippen LogP contribution >= 0.6 is 0 Å². The van der Waals surface area contributed by atoms with Crippen LogP contribution in [0.2, 0.25) is 0 Å². The van der Waals surface area contributed by atoms with E-state index in [1.165, 1.54) is 0 Å². The Balaban J connectivity index is 3.39. The van der Waals surface area contributed by atoms with Crippen LogP contribution in [0.4, 0.5) is 0 Å². The Morgan fingerprint density at radius 3 is 2.60 bits per heavy atom. The average molecular weight is 166 g/mol. The van der Waals surface area contributed by atoms with Crippen molar-refractivity contribution in [3.05, 3.63) is 12.2 Å². The fourth-order valence-corrected chi connectivity index (χ4v) is 0.695. The lowest BCUT2D eigenvalue weighted by molar-refractivity contribution is 0.273. The van der Waals surface area contributed by atoms with Crippen LogP contribution in [0.1, 0.15) is 13.3 Å². The second-order valence-corrected chi connectivity index (χ2v) is 2.70. The van der Waals surface area contributed by atoms with Crippen molar-refractivity contribution in [3.8, 4) is 0 Å². The molecule has 1 N–H and O–H groups in total. The summed E-state index contributed by atoms with van der Waals surface area (Å²) < 4.78 is 31.9. The third-order valence-corrected chi connectivity index (χ3v) is 1.22. The highest BCUT2D eigenvalue weighted by molar-refractivity contribution is 7.80. The molecule has 0 heterocycles. The molecule has 5 heteroatoms. The van der Waals surface area contributed by atoms with E-state index in [0.717, 1.165) is 0 Å². The van der Waals surface area contributed by atoms with E-state index in [1.54, 1.807) is 12.2 Å². The van der Waals surface area contributed by atoms with Crippen LogP contribution in [-0.4, -0.2) is 19.6 Å². The van der Waals surface area contributed by atoms with Crippen LogP contribution in [-0.2, 0) is 14.6 Å². The van der Waals surface area contributed by atoms with Crippen molar-refractivity contribution in [3.63, 3.8) is 0 Å². The molecule has 0 fully saturated rings. The maximum Gasteiger partial charge on any atom is 0.397 e. The largest absolute Gasteiger partial charge is 0.397 e. The predicted octanol–water partition coefficient (Wildman–Crippen LogP) is 0.772. The van der Waals surface area contributed by atoms with Gasteiger partial charge in [0.05, 0.1) is 6.61 Å². The Morgan fingerprint density at radius 2 is 2.20 bits per heavy atom. The third-order valence-electron chi connectivity index (χ3n) is 0.752. The van der Waals surface area contributed by atoms with Crippen molar-refractivity contribution < 1.29 is 17.2 Å². The van der Waals surface area contributed by atoms with Crippen LogP contribution in [0.15, 0.2) is 12.2 Å². The maximum absolute atomic E-state index is 9.90. The molecule has 0 aliphatic heterocycles. The fraction of sp³-hybridized carbons (Fsp3) is 0.600. The standard InChI is InChI=1S/C5H10O4S/c1-2-3-4-5-9-10(6,7)8/h2-3H,4-5H2,1H3,(H,6,7,8)/b3-2-. The van der Waals surface area contributed by atoms with Crippen LogP contribution in [0.25, 0.3) is 0 Å². The smallest absolute Gasteiger partial charge is 0.264 e. The van der Waals surface area contributed by atoms with Gasteiger partial charge in [0.2, 0.25) is 0 Å². The van der Waals surface area contributed by atoms with Crippen molar-refractivity contribution in [2.45, 2.75) is 13.3 Å². The van der Waals surface area contributed by atoms with Crippen LogP contribution in [0, 0.1) is 0 Å². The molecule has 60 valence electrons. The normalized spacial score (nSPS) is 12.6. The summed E-state index contributed by atoms with van der Waals surface area (Å²) in [5.41, 5.74) is 0. The van der Waals surface area contributed by atoms with Gasteiger partial charge in [0.25, 0.3) is 0 Å². The molecule has 0 bridgehead atoms. The summed E-state index contributed by atoms with van der Waals surface area (Å²) in [5, 5.41) is 0.